The van der Waals surface area contributed by atoms with Crippen molar-refractivity contribution in [1.29, 1.82) is 0 Å². The van der Waals surface area contributed by atoms with Gasteiger partial charge < -0.3 is 4.42 Å². The third-order valence-corrected chi connectivity index (χ3v) is 2.85. The van der Waals surface area contributed by atoms with E-state index in [1.165, 1.54) is 16.3 Å². The van der Waals surface area contributed by atoms with Crippen LogP contribution in [0.4, 0.5) is 0 Å². The Balaban J connectivity index is 0.000000514. The van der Waals surface area contributed by atoms with Gasteiger partial charge in [-0.25, -0.2) is 0 Å². The number of rotatable bonds is 1. The first-order valence-electron chi connectivity index (χ1n) is 6.28. The zero-order chi connectivity index (χ0) is 12.3. The summed E-state index contributed by atoms with van der Waals surface area (Å²) in [5, 5.41) is 2.41. The predicted octanol–water partition coefficient (Wildman–Crippen LogP) is 5.17. The van der Waals surface area contributed by atoms with Gasteiger partial charge in [-0.15, -0.1) is 0 Å². The summed E-state index contributed by atoms with van der Waals surface area (Å²) in [6, 6.07) is 14.6. The van der Waals surface area contributed by atoms with E-state index >= 15 is 0 Å². The van der Waals surface area contributed by atoms with Crippen LogP contribution in [0.5, 0.6) is 0 Å². The lowest BCUT2D eigenvalue weighted by Crippen LogP contribution is -1.76. The number of para-hydroxylation sites is 1. The molecule has 0 fully saturated rings. The van der Waals surface area contributed by atoms with Gasteiger partial charge in [0.2, 0.25) is 0 Å². The van der Waals surface area contributed by atoms with E-state index in [4.69, 9.17) is 4.42 Å². The molecule has 0 spiro atoms. The van der Waals surface area contributed by atoms with E-state index in [-0.39, 0.29) is 0 Å². The summed E-state index contributed by atoms with van der Waals surface area (Å²) >= 11 is 0. The van der Waals surface area contributed by atoms with Crippen molar-refractivity contribution in [1.82, 2.24) is 0 Å². The maximum absolute atomic E-state index is 5.79. The average Bonchev–Trinajstić information content (AvgIpc) is 2.78. The van der Waals surface area contributed by atoms with Crippen LogP contribution in [0.3, 0.4) is 0 Å². The molecule has 0 N–H and O–H groups in total. The zero-order valence-corrected chi connectivity index (χ0v) is 10.7. The smallest absolute Gasteiger partial charge is 0.135 e. The molecule has 0 aliphatic heterocycles. The van der Waals surface area contributed by atoms with Crippen LogP contribution in [0.25, 0.3) is 21.9 Å². The molecule has 1 aromatic heterocycles. The van der Waals surface area contributed by atoms with E-state index < -0.39 is 0 Å². The summed E-state index contributed by atoms with van der Waals surface area (Å²) in [7, 11) is 0. The van der Waals surface area contributed by atoms with Gasteiger partial charge in [0.1, 0.15) is 11.2 Å². The topological polar surface area (TPSA) is 13.1 Å². The number of aryl methyl sites for hydroxylation is 1. The van der Waals surface area contributed by atoms with Gasteiger partial charge in [-0.05, 0) is 24.1 Å². The van der Waals surface area contributed by atoms with Crippen molar-refractivity contribution in [3.63, 3.8) is 0 Å². The summed E-state index contributed by atoms with van der Waals surface area (Å²) in [5.74, 6) is 0. The summed E-state index contributed by atoms with van der Waals surface area (Å²) in [6.45, 7) is 6.16. The van der Waals surface area contributed by atoms with Crippen LogP contribution in [0.2, 0.25) is 0 Å². The molecule has 88 valence electrons. The van der Waals surface area contributed by atoms with Crippen molar-refractivity contribution in [2.45, 2.75) is 27.2 Å². The van der Waals surface area contributed by atoms with Crippen LogP contribution < -0.4 is 0 Å². The van der Waals surface area contributed by atoms with E-state index in [2.05, 4.69) is 31.2 Å². The van der Waals surface area contributed by atoms with E-state index in [0.29, 0.717) is 0 Å². The highest BCUT2D eigenvalue weighted by Gasteiger charge is 2.05. The molecule has 1 heterocycles. The molecular weight excluding hydrogens is 208 g/mol. The van der Waals surface area contributed by atoms with E-state index in [0.717, 1.165) is 17.6 Å². The second-order valence-electron chi connectivity index (χ2n) is 3.78. The van der Waals surface area contributed by atoms with Crippen LogP contribution in [0.15, 0.2) is 46.9 Å². The minimum atomic E-state index is 0.973. The molecule has 17 heavy (non-hydrogen) atoms. The monoisotopic (exact) mass is 226 g/mol. The number of hydrogen-bond acceptors (Lipinski definition) is 1. The molecule has 1 nitrogen and oxygen atoms in total. The van der Waals surface area contributed by atoms with Gasteiger partial charge in [-0.1, -0.05) is 51.1 Å². The Kier molecular flexibility index (Phi) is 3.48. The van der Waals surface area contributed by atoms with Crippen molar-refractivity contribution < 1.29 is 4.42 Å². The fourth-order valence-corrected chi connectivity index (χ4v) is 1.99. The van der Waals surface area contributed by atoms with Gasteiger partial charge in [-0.3, -0.25) is 0 Å². The van der Waals surface area contributed by atoms with Gasteiger partial charge >= 0.3 is 0 Å². The minimum Gasteiger partial charge on any atom is -0.456 e. The number of hydrogen-bond donors (Lipinski definition) is 0. The molecule has 2 aromatic carbocycles. The van der Waals surface area contributed by atoms with E-state index in [1.807, 2.05) is 32.0 Å². The Bertz CT molecular complexity index is 620. The largest absolute Gasteiger partial charge is 0.456 e. The molecule has 3 rings (SSSR count). The van der Waals surface area contributed by atoms with Crippen LogP contribution in [-0.2, 0) is 6.42 Å². The lowest BCUT2D eigenvalue weighted by Gasteiger charge is -1.94. The Hall–Kier alpha value is -1.76. The van der Waals surface area contributed by atoms with E-state index in [1.54, 1.807) is 0 Å². The molecule has 0 bridgehead atoms. The number of benzene rings is 2. The van der Waals surface area contributed by atoms with Gasteiger partial charge in [0, 0.05) is 10.8 Å². The molecule has 0 saturated carbocycles. The molecule has 1 heteroatoms. The third kappa shape index (κ3) is 2.05. The molecule has 0 amide bonds. The quantitative estimate of drug-likeness (QED) is 0.557. The highest BCUT2D eigenvalue weighted by atomic mass is 16.3. The molecular formula is C16H18O. The Morgan fingerprint density at radius 1 is 0.882 bits per heavy atom. The summed E-state index contributed by atoms with van der Waals surface area (Å²) in [6.07, 6.45) is 1.05. The van der Waals surface area contributed by atoms with Gasteiger partial charge in [0.05, 0.1) is 0 Å². The van der Waals surface area contributed by atoms with E-state index in [9.17, 15) is 0 Å². The molecule has 0 unspecified atom stereocenters. The predicted molar refractivity (Wildman–Crippen MR) is 74.4 cm³/mol. The van der Waals surface area contributed by atoms with Crippen molar-refractivity contribution in [3.05, 3.63) is 48.0 Å². The second-order valence-corrected chi connectivity index (χ2v) is 3.78. The normalized spacial score (nSPS) is 10.3. The summed E-state index contributed by atoms with van der Waals surface area (Å²) < 4.78 is 5.79. The first-order valence-corrected chi connectivity index (χ1v) is 6.28. The Labute approximate surface area is 102 Å². The first kappa shape index (κ1) is 11.7. The van der Waals surface area contributed by atoms with Crippen LogP contribution in [-0.4, -0.2) is 0 Å². The van der Waals surface area contributed by atoms with Gasteiger partial charge in [0.25, 0.3) is 0 Å². The summed E-state index contributed by atoms with van der Waals surface area (Å²) in [5.41, 5.74) is 3.29. The number of fused-ring (bicyclic) bond motifs is 3. The van der Waals surface area contributed by atoms with Crippen LogP contribution in [0, 0.1) is 0 Å². The zero-order valence-electron chi connectivity index (χ0n) is 10.7. The van der Waals surface area contributed by atoms with Crippen LogP contribution in [0.1, 0.15) is 26.3 Å². The van der Waals surface area contributed by atoms with Crippen LogP contribution >= 0.6 is 0 Å². The first-order chi connectivity index (χ1) is 8.38. The van der Waals surface area contributed by atoms with Gasteiger partial charge in [0.15, 0.2) is 0 Å². The second kappa shape index (κ2) is 5.05. The molecule has 3 aromatic rings. The van der Waals surface area contributed by atoms with Gasteiger partial charge in [-0.2, -0.15) is 0 Å². The molecule has 0 aliphatic carbocycles. The van der Waals surface area contributed by atoms with Crippen molar-refractivity contribution in [3.8, 4) is 0 Å². The lowest BCUT2D eigenvalue weighted by molar-refractivity contribution is 0.668. The highest BCUT2D eigenvalue weighted by Crippen LogP contribution is 2.28. The van der Waals surface area contributed by atoms with Crippen molar-refractivity contribution >= 4 is 21.9 Å². The van der Waals surface area contributed by atoms with Crippen molar-refractivity contribution in [2.75, 3.05) is 0 Å². The highest BCUT2D eigenvalue weighted by molar-refractivity contribution is 6.04. The number of furan rings is 1. The Morgan fingerprint density at radius 3 is 2.35 bits per heavy atom. The standard InChI is InChI=1S/C14H12O.C2H6/c1-2-10-7-8-12-11-5-3-4-6-13(11)15-14(12)9-10;1-2/h3-9H,2H2,1H3;1-2H3. The maximum Gasteiger partial charge on any atom is 0.135 e. The third-order valence-electron chi connectivity index (χ3n) is 2.85. The fraction of sp³-hybridized carbons (Fsp3) is 0.250. The Morgan fingerprint density at radius 2 is 1.59 bits per heavy atom. The molecule has 0 atom stereocenters. The molecule has 0 saturated heterocycles. The molecule has 0 radical (unpaired) electrons. The lowest BCUT2D eigenvalue weighted by atomic mass is 10.1. The van der Waals surface area contributed by atoms with Crippen molar-refractivity contribution in [2.24, 2.45) is 0 Å². The average molecular weight is 226 g/mol. The molecule has 0 aliphatic rings. The maximum atomic E-state index is 5.79. The minimum absolute atomic E-state index is 0.973. The summed E-state index contributed by atoms with van der Waals surface area (Å²) in [4.78, 5) is 0. The fourth-order valence-electron chi connectivity index (χ4n) is 1.99. The SMILES string of the molecule is CC.CCc1ccc2c(c1)oc1ccccc12.